The first kappa shape index (κ1) is 15.7. The Kier molecular flexibility index (Phi) is 8.08. The van der Waals surface area contributed by atoms with Gasteiger partial charge in [0.1, 0.15) is 0 Å². The minimum absolute atomic E-state index is 0.103. The van der Waals surface area contributed by atoms with Gasteiger partial charge in [-0.3, -0.25) is 0 Å². The molecule has 2 N–H and O–H groups in total. The molecule has 2 aromatic carbocycles. The molecule has 0 saturated heterocycles. The number of fused-ring (bicyclic) bond motifs is 1. The first-order valence-electron chi connectivity index (χ1n) is 6.52. The molecule has 0 fully saturated rings. The molecular formula is C16H25N. The standard InChI is InChI=1S/C12H13N.2C2H6/c1-9(13)11-8-4-6-10-5-2-3-7-12(10)11;2*1-2/h2-9H,13H2,1H3;2*1-2H3. The lowest BCUT2D eigenvalue weighted by Gasteiger charge is -2.09. The van der Waals surface area contributed by atoms with Crippen LogP contribution in [0.25, 0.3) is 10.8 Å². The number of nitrogens with two attached hydrogens (primary N) is 1. The molecule has 0 aliphatic heterocycles. The normalized spacial score (nSPS) is 10.7. The molecule has 1 atom stereocenters. The predicted octanol–water partition coefficient (Wildman–Crippen LogP) is 4.91. The van der Waals surface area contributed by atoms with Crippen molar-refractivity contribution in [3.63, 3.8) is 0 Å². The Bertz CT molecular complexity index is 413. The Balaban J connectivity index is 0.000000581. The third-order valence-corrected chi connectivity index (χ3v) is 2.31. The molecule has 0 aromatic heterocycles. The highest BCUT2D eigenvalue weighted by molar-refractivity contribution is 5.85. The van der Waals surface area contributed by atoms with E-state index in [2.05, 4.69) is 30.3 Å². The molecule has 0 bridgehead atoms. The van der Waals surface area contributed by atoms with E-state index in [0.29, 0.717) is 0 Å². The molecule has 94 valence electrons. The highest BCUT2D eigenvalue weighted by Crippen LogP contribution is 2.22. The lowest BCUT2D eigenvalue weighted by Crippen LogP contribution is -2.05. The molecule has 0 amide bonds. The van der Waals surface area contributed by atoms with Crippen molar-refractivity contribution in [3.05, 3.63) is 48.0 Å². The Morgan fingerprint density at radius 1 is 0.824 bits per heavy atom. The molecule has 1 heteroatoms. The molecule has 0 aliphatic carbocycles. The van der Waals surface area contributed by atoms with Crippen molar-refractivity contribution in [3.8, 4) is 0 Å². The predicted molar refractivity (Wildman–Crippen MR) is 79.2 cm³/mol. The van der Waals surface area contributed by atoms with Crippen molar-refractivity contribution < 1.29 is 0 Å². The van der Waals surface area contributed by atoms with Crippen molar-refractivity contribution in [2.45, 2.75) is 40.7 Å². The van der Waals surface area contributed by atoms with Gasteiger partial charge in [0, 0.05) is 6.04 Å². The topological polar surface area (TPSA) is 26.0 Å². The summed E-state index contributed by atoms with van der Waals surface area (Å²) in [6.07, 6.45) is 0. The fourth-order valence-electron chi connectivity index (χ4n) is 1.65. The number of rotatable bonds is 1. The van der Waals surface area contributed by atoms with Gasteiger partial charge in [-0.1, -0.05) is 70.2 Å². The summed E-state index contributed by atoms with van der Waals surface area (Å²) in [5.41, 5.74) is 7.10. The molecular weight excluding hydrogens is 206 g/mol. The van der Waals surface area contributed by atoms with E-state index >= 15 is 0 Å². The zero-order valence-electron chi connectivity index (χ0n) is 11.7. The molecule has 0 spiro atoms. The molecule has 2 aromatic rings. The highest BCUT2D eigenvalue weighted by atomic mass is 14.6. The summed E-state index contributed by atoms with van der Waals surface area (Å²) in [7, 11) is 0. The van der Waals surface area contributed by atoms with Crippen LogP contribution in [0.15, 0.2) is 42.5 Å². The fraction of sp³-hybridized carbons (Fsp3) is 0.375. The van der Waals surface area contributed by atoms with Crippen LogP contribution in [0.3, 0.4) is 0 Å². The Morgan fingerprint density at radius 3 is 1.94 bits per heavy atom. The summed E-state index contributed by atoms with van der Waals surface area (Å²) in [5.74, 6) is 0. The monoisotopic (exact) mass is 231 g/mol. The van der Waals surface area contributed by atoms with E-state index in [0.717, 1.165) is 0 Å². The first-order chi connectivity index (χ1) is 8.29. The minimum atomic E-state index is 0.103. The van der Waals surface area contributed by atoms with Gasteiger partial charge in [-0.15, -0.1) is 0 Å². The maximum atomic E-state index is 5.88. The van der Waals surface area contributed by atoms with Crippen LogP contribution in [0, 0.1) is 0 Å². The van der Waals surface area contributed by atoms with Gasteiger partial charge in [0.05, 0.1) is 0 Å². The quantitative estimate of drug-likeness (QED) is 0.741. The summed E-state index contributed by atoms with van der Waals surface area (Å²) in [5, 5.41) is 2.53. The molecule has 0 heterocycles. The van der Waals surface area contributed by atoms with Crippen molar-refractivity contribution >= 4 is 10.8 Å². The lowest BCUT2D eigenvalue weighted by atomic mass is 10.0. The van der Waals surface area contributed by atoms with Crippen LogP contribution in [0.4, 0.5) is 0 Å². The molecule has 0 saturated carbocycles. The smallest absolute Gasteiger partial charge is 0.0272 e. The largest absolute Gasteiger partial charge is 0.324 e. The Morgan fingerprint density at radius 2 is 1.35 bits per heavy atom. The van der Waals surface area contributed by atoms with Crippen LogP contribution < -0.4 is 5.73 Å². The van der Waals surface area contributed by atoms with E-state index in [-0.39, 0.29) is 6.04 Å². The SMILES string of the molecule is CC.CC.CC(N)c1cccc2ccccc12. The second-order valence-electron chi connectivity index (χ2n) is 3.36. The van der Waals surface area contributed by atoms with Crippen molar-refractivity contribution in [2.75, 3.05) is 0 Å². The van der Waals surface area contributed by atoms with Gasteiger partial charge in [0.15, 0.2) is 0 Å². The maximum absolute atomic E-state index is 5.88. The van der Waals surface area contributed by atoms with E-state index < -0.39 is 0 Å². The van der Waals surface area contributed by atoms with Crippen LogP contribution in [0.5, 0.6) is 0 Å². The third-order valence-electron chi connectivity index (χ3n) is 2.31. The van der Waals surface area contributed by atoms with Crippen LogP contribution in [-0.2, 0) is 0 Å². The zero-order chi connectivity index (χ0) is 13.3. The van der Waals surface area contributed by atoms with Crippen LogP contribution in [0.1, 0.15) is 46.2 Å². The summed E-state index contributed by atoms with van der Waals surface area (Å²) >= 11 is 0. The van der Waals surface area contributed by atoms with Crippen LogP contribution >= 0.6 is 0 Å². The summed E-state index contributed by atoms with van der Waals surface area (Å²) in [4.78, 5) is 0. The van der Waals surface area contributed by atoms with E-state index in [1.54, 1.807) is 0 Å². The summed E-state index contributed by atoms with van der Waals surface area (Å²) < 4.78 is 0. The van der Waals surface area contributed by atoms with Crippen LogP contribution in [0.2, 0.25) is 0 Å². The second-order valence-corrected chi connectivity index (χ2v) is 3.36. The van der Waals surface area contributed by atoms with Gasteiger partial charge < -0.3 is 5.73 Å². The second kappa shape index (κ2) is 8.77. The Hall–Kier alpha value is -1.34. The number of benzene rings is 2. The van der Waals surface area contributed by atoms with Gasteiger partial charge in [0.25, 0.3) is 0 Å². The van der Waals surface area contributed by atoms with Gasteiger partial charge in [-0.2, -0.15) is 0 Å². The number of hydrogen-bond donors (Lipinski definition) is 1. The van der Waals surface area contributed by atoms with Crippen molar-refractivity contribution in [2.24, 2.45) is 5.73 Å². The first-order valence-corrected chi connectivity index (χ1v) is 6.52. The van der Waals surface area contributed by atoms with Gasteiger partial charge in [-0.25, -0.2) is 0 Å². The molecule has 1 unspecified atom stereocenters. The number of hydrogen-bond acceptors (Lipinski definition) is 1. The Labute approximate surface area is 106 Å². The molecule has 0 aliphatic rings. The molecule has 17 heavy (non-hydrogen) atoms. The van der Waals surface area contributed by atoms with E-state index in [9.17, 15) is 0 Å². The summed E-state index contributed by atoms with van der Waals surface area (Å²) in [6.45, 7) is 10.0. The summed E-state index contributed by atoms with van der Waals surface area (Å²) in [6, 6.07) is 14.7. The average Bonchev–Trinajstić information content (AvgIpc) is 2.42. The van der Waals surface area contributed by atoms with E-state index in [4.69, 9.17) is 5.73 Å². The lowest BCUT2D eigenvalue weighted by molar-refractivity contribution is 0.827. The highest BCUT2D eigenvalue weighted by Gasteiger charge is 2.02. The van der Waals surface area contributed by atoms with Gasteiger partial charge in [0.2, 0.25) is 0 Å². The fourth-order valence-corrected chi connectivity index (χ4v) is 1.65. The average molecular weight is 231 g/mol. The molecule has 1 nitrogen and oxygen atoms in total. The maximum Gasteiger partial charge on any atom is 0.0272 e. The van der Waals surface area contributed by atoms with Crippen LogP contribution in [-0.4, -0.2) is 0 Å². The third kappa shape index (κ3) is 4.20. The molecule has 0 radical (unpaired) electrons. The van der Waals surface area contributed by atoms with E-state index in [1.807, 2.05) is 46.8 Å². The molecule has 2 rings (SSSR count). The van der Waals surface area contributed by atoms with Gasteiger partial charge >= 0.3 is 0 Å². The minimum Gasteiger partial charge on any atom is -0.324 e. The van der Waals surface area contributed by atoms with Crippen molar-refractivity contribution in [1.29, 1.82) is 0 Å². The van der Waals surface area contributed by atoms with Gasteiger partial charge in [-0.05, 0) is 23.3 Å². The zero-order valence-corrected chi connectivity index (χ0v) is 11.7. The van der Waals surface area contributed by atoms with Crippen molar-refractivity contribution in [1.82, 2.24) is 0 Å². The van der Waals surface area contributed by atoms with E-state index in [1.165, 1.54) is 16.3 Å².